The summed E-state index contributed by atoms with van der Waals surface area (Å²) in [6.07, 6.45) is 4.77. The first-order chi connectivity index (χ1) is 11.5. The van der Waals surface area contributed by atoms with Crippen molar-refractivity contribution in [3.05, 3.63) is 36.4 Å². The van der Waals surface area contributed by atoms with Crippen molar-refractivity contribution >= 4 is 11.9 Å². The standard InChI is InChI=1S/C18H23NO5/c1-3-10-24-14-7-6-13(11-15(14)23-2)17(22)19-18(12-16(20)21)8-4-5-9-18/h3,6-7,11H,1,4-5,8-10,12H2,2H3,(H,19,22)(H,20,21). The number of carbonyl (C=O) groups excluding carboxylic acids is 1. The van der Waals surface area contributed by atoms with Crippen LogP contribution in [0.2, 0.25) is 0 Å². The van der Waals surface area contributed by atoms with Crippen LogP contribution in [0.3, 0.4) is 0 Å². The minimum absolute atomic E-state index is 0.0591. The summed E-state index contributed by atoms with van der Waals surface area (Å²) in [5.41, 5.74) is -0.247. The normalized spacial score (nSPS) is 15.5. The number of carboxylic acids is 1. The summed E-state index contributed by atoms with van der Waals surface area (Å²) in [6.45, 7) is 3.92. The van der Waals surface area contributed by atoms with Gasteiger partial charge in [-0.15, -0.1) is 0 Å². The average Bonchev–Trinajstić information content (AvgIpc) is 2.99. The Hall–Kier alpha value is -2.50. The average molecular weight is 333 g/mol. The number of methoxy groups -OCH3 is 1. The van der Waals surface area contributed by atoms with Gasteiger partial charge in [0, 0.05) is 5.56 Å². The number of amides is 1. The monoisotopic (exact) mass is 333 g/mol. The number of carboxylic acid groups (broad SMARTS) is 1. The first-order valence-electron chi connectivity index (χ1n) is 7.96. The molecule has 0 saturated heterocycles. The lowest BCUT2D eigenvalue weighted by Gasteiger charge is -2.28. The third-order valence-electron chi connectivity index (χ3n) is 4.21. The van der Waals surface area contributed by atoms with Gasteiger partial charge in [0.2, 0.25) is 0 Å². The van der Waals surface area contributed by atoms with E-state index in [1.165, 1.54) is 7.11 Å². The van der Waals surface area contributed by atoms with Gasteiger partial charge in [-0.2, -0.15) is 0 Å². The Morgan fingerprint density at radius 3 is 2.62 bits per heavy atom. The van der Waals surface area contributed by atoms with Crippen molar-refractivity contribution < 1.29 is 24.2 Å². The molecule has 0 spiro atoms. The molecule has 0 aromatic heterocycles. The van der Waals surface area contributed by atoms with Crippen LogP contribution in [0.25, 0.3) is 0 Å². The number of hydrogen-bond acceptors (Lipinski definition) is 4. The molecule has 1 fully saturated rings. The molecule has 6 heteroatoms. The lowest BCUT2D eigenvalue weighted by molar-refractivity contribution is -0.138. The summed E-state index contributed by atoms with van der Waals surface area (Å²) in [6, 6.07) is 4.90. The fourth-order valence-electron chi connectivity index (χ4n) is 3.08. The number of rotatable bonds is 8. The molecule has 0 atom stereocenters. The van der Waals surface area contributed by atoms with E-state index in [2.05, 4.69) is 11.9 Å². The molecule has 0 aliphatic heterocycles. The van der Waals surface area contributed by atoms with Crippen molar-refractivity contribution in [1.29, 1.82) is 0 Å². The van der Waals surface area contributed by atoms with Gasteiger partial charge in [-0.3, -0.25) is 9.59 Å². The molecule has 1 amide bonds. The zero-order chi connectivity index (χ0) is 17.6. The Kier molecular flexibility index (Phi) is 5.84. The van der Waals surface area contributed by atoms with E-state index in [4.69, 9.17) is 14.6 Å². The lowest BCUT2D eigenvalue weighted by Crippen LogP contribution is -2.47. The van der Waals surface area contributed by atoms with E-state index in [0.717, 1.165) is 12.8 Å². The van der Waals surface area contributed by atoms with Crippen LogP contribution in [-0.4, -0.2) is 36.2 Å². The Labute approximate surface area is 141 Å². The maximum absolute atomic E-state index is 12.6. The lowest BCUT2D eigenvalue weighted by atomic mass is 9.92. The first kappa shape index (κ1) is 17.8. The highest BCUT2D eigenvalue weighted by atomic mass is 16.5. The van der Waals surface area contributed by atoms with Gasteiger partial charge in [-0.1, -0.05) is 25.5 Å². The molecule has 0 unspecified atom stereocenters. The first-order valence-corrected chi connectivity index (χ1v) is 7.96. The molecule has 1 aromatic rings. The highest BCUT2D eigenvalue weighted by Crippen LogP contribution is 2.34. The zero-order valence-electron chi connectivity index (χ0n) is 13.8. The van der Waals surface area contributed by atoms with Crippen LogP contribution < -0.4 is 14.8 Å². The third kappa shape index (κ3) is 4.28. The molecule has 1 saturated carbocycles. The summed E-state index contributed by atoms with van der Waals surface area (Å²) in [5, 5.41) is 12.0. The molecule has 1 aliphatic rings. The predicted molar refractivity (Wildman–Crippen MR) is 89.6 cm³/mol. The van der Waals surface area contributed by atoms with Gasteiger partial charge in [0.05, 0.1) is 19.1 Å². The second-order valence-electron chi connectivity index (χ2n) is 5.98. The molecule has 6 nitrogen and oxygen atoms in total. The molecule has 0 radical (unpaired) electrons. The van der Waals surface area contributed by atoms with Gasteiger partial charge >= 0.3 is 5.97 Å². The summed E-state index contributed by atoms with van der Waals surface area (Å²) < 4.78 is 10.7. The Morgan fingerprint density at radius 2 is 2.04 bits per heavy atom. The number of benzene rings is 1. The van der Waals surface area contributed by atoms with Gasteiger partial charge in [-0.05, 0) is 31.0 Å². The van der Waals surface area contributed by atoms with Gasteiger partial charge in [-0.25, -0.2) is 0 Å². The quantitative estimate of drug-likeness (QED) is 0.715. The molecule has 1 aromatic carbocycles. The molecule has 130 valence electrons. The summed E-state index contributed by atoms with van der Waals surface area (Å²) in [7, 11) is 1.50. The highest BCUT2D eigenvalue weighted by molar-refractivity contribution is 5.95. The van der Waals surface area contributed by atoms with Gasteiger partial charge < -0.3 is 19.9 Å². The number of carbonyl (C=O) groups is 2. The van der Waals surface area contributed by atoms with Crippen molar-refractivity contribution in [2.24, 2.45) is 0 Å². The molecular formula is C18H23NO5. The molecule has 24 heavy (non-hydrogen) atoms. The maximum Gasteiger partial charge on any atom is 0.305 e. The Balaban J connectivity index is 2.16. The summed E-state index contributed by atoms with van der Waals surface area (Å²) >= 11 is 0. The number of aliphatic carboxylic acids is 1. The van der Waals surface area contributed by atoms with Gasteiger partial charge in [0.1, 0.15) is 6.61 Å². The molecule has 2 rings (SSSR count). The van der Waals surface area contributed by atoms with E-state index < -0.39 is 11.5 Å². The number of ether oxygens (including phenoxy) is 2. The Morgan fingerprint density at radius 1 is 1.33 bits per heavy atom. The summed E-state index contributed by atoms with van der Waals surface area (Å²) in [4.78, 5) is 23.7. The van der Waals surface area contributed by atoms with E-state index in [9.17, 15) is 9.59 Å². The van der Waals surface area contributed by atoms with Crippen molar-refractivity contribution in [3.8, 4) is 11.5 Å². The fourth-order valence-corrected chi connectivity index (χ4v) is 3.08. The van der Waals surface area contributed by atoms with Crippen molar-refractivity contribution in [2.75, 3.05) is 13.7 Å². The number of nitrogens with one attached hydrogen (secondary N) is 1. The zero-order valence-corrected chi connectivity index (χ0v) is 13.8. The maximum atomic E-state index is 12.6. The van der Waals surface area contributed by atoms with Crippen LogP contribution in [0.15, 0.2) is 30.9 Å². The molecular weight excluding hydrogens is 310 g/mol. The highest BCUT2D eigenvalue weighted by Gasteiger charge is 2.37. The minimum atomic E-state index is -0.900. The van der Waals surface area contributed by atoms with Crippen molar-refractivity contribution in [3.63, 3.8) is 0 Å². The Bertz CT molecular complexity index is 620. The summed E-state index contributed by atoms with van der Waals surface area (Å²) in [5.74, 6) is -0.229. The number of hydrogen-bond donors (Lipinski definition) is 2. The fraction of sp³-hybridized carbons (Fsp3) is 0.444. The molecule has 0 heterocycles. The van der Waals surface area contributed by atoms with Crippen LogP contribution in [0.4, 0.5) is 0 Å². The van der Waals surface area contributed by atoms with Gasteiger partial charge in [0.15, 0.2) is 11.5 Å². The smallest absolute Gasteiger partial charge is 0.305 e. The van der Waals surface area contributed by atoms with E-state index >= 15 is 0 Å². The van der Waals surface area contributed by atoms with E-state index in [-0.39, 0.29) is 12.3 Å². The predicted octanol–water partition coefficient (Wildman–Crippen LogP) is 2.78. The molecule has 0 bridgehead atoms. The van der Waals surface area contributed by atoms with Crippen molar-refractivity contribution in [1.82, 2.24) is 5.32 Å². The topological polar surface area (TPSA) is 84.9 Å². The molecule has 1 aliphatic carbocycles. The van der Waals surface area contributed by atoms with E-state index in [1.807, 2.05) is 0 Å². The second-order valence-corrected chi connectivity index (χ2v) is 5.98. The molecule has 2 N–H and O–H groups in total. The third-order valence-corrected chi connectivity index (χ3v) is 4.21. The SMILES string of the molecule is C=CCOc1ccc(C(=O)NC2(CC(=O)O)CCCC2)cc1OC. The van der Waals surface area contributed by atoms with E-state index in [1.54, 1.807) is 24.3 Å². The van der Waals surface area contributed by atoms with Crippen LogP contribution in [0, 0.1) is 0 Å². The van der Waals surface area contributed by atoms with Crippen LogP contribution in [0.1, 0.15) is 42.5 Å². The minimum Gasteiger partial charge on any atom is -0.493 e. The van der Waals surface area contributed by atoms with E-state index in [0.29, 0.717) is 36.5 Å². The van der Waals surface area contributed by atoms with Crippen LogP contribution in [-0.2, 0) is 4.79 Å². The van der Waals surface area contributed by atoms with Crippen molar-refractivity contribution in [2.45, 2.75) is 37.6 Å². The second kappa shape index (κ2) is 7.86. The van der Waals surface area contributed by atoms with Crippen LogP contribution >= 0.6 is 0 Å². The van der Waals surface area contributed by atoms with Crippen LogP contribution in [0.5, 0.6) is 11.5 Å². The van der Waals surface area contributed by atoms with Gasteiger partial charge in [0.25, 0.3) is 5.91 Å². The largest absolute Gasteiger partial charge is 0.493 e.